The van der Waals surface area contributed by atoms with Crippen molar-refractivity contribution in [3.05, 3.63) is 0 Å². The lowest BCUT2D eigenvalue weighted by atomic mass is 9.91. The van der Waals surface area contributed by atoms with Gasteiger partial charge in [0, 0.05) is 6.61 Å². The molecule has 1 fully saturated rings. The minimum atomic E-state index is -0.952. The molecule has 7 heteroatoms. The molecule has 0 saturated carbocycles. The van der Waals surface area contributed by atoms with E-state index in [1.54, 1.807) is 0 Å². The number of carboxylic acid groups (broad SMARTS) is 1. The topological polar surface area (TPSA) is 125 Å². The number of esters is 1. The van der Waals surface area contributed by atoms with Crippen molar-refractivity contribution in [2.75, 3.05) is 13.2 Å². The first-order valence-electron chi connectivity index (χ1n) is 19.9. The van der Waals surface area contributed by atoms with Gasteiger partial charge in [-0.3, -0.25) is 9.59 Å². The van der Waals surface area contributed by atoms with E-state index in [1.165, 1.54) is 141 Å². The van der Waals surface area contributed by atoms with Crippen molar-refractivity contribution in [2.24, 2.45) is 23.3 Å². The predicted molar refractivity (Wildman–Crippen MR) is 194 cm³/mol. The number of nitrogens with two attached hydrogens (primary N) is 2. The maximum atomic E-state index is 11.9. The molecule has 1 aliphatic rings. The van der Waals surface area contributed by atoms with Crippen molar-refractivity contribution in [3.8, 4) is 0 Å². The quantitative estimate of drug-likeness (QED) is 0.0400. The molecule has 7 nitrogen and oxygen atoms in total. The Kier molecular flexibility index (Phi) is 32.8. The van der Waals surface area contributed by atoms with Crippen molar-refractivity contribution in [2.45, 2.75) is 213 Å². The van der Waals surface area contributed by atoms with E-state index < -0.39 is 12.0 Å². The molecule has 274 valence electrons. The van der Waals surface area contributed by atoms with Gasteiger partial charge >= 0.3 is 11.9 Å². The second-order valence-electron chi connectivity index (χ2n) is 14.0. The Morgan fingerprint density at radius 3 is 1.72 bits per heavy atom. The van der Waals surface area contributed by atoms with Crippen LogP contribution in [0.5, 0.6) is 0 Å². The summed E-state index contributed by atoms with van der Waals surface area (Å²) in [7, 11) is 0. The first-order chi connectivity index (χ1) is 22.3. The second-order valence-corrected chi connectivity index (χ2v) is 14.0. The Hall–Kier alpha value is -1.18. The van der Waals surface area contributed by atoms with Gasteiger partial charge in [-0.1, -0.05) is 149 Å². The molecule has 1 heterocycles. The molecule has 0 bridgehead atoms. The number of unbranched alkanes of at least 4 members (excludes halogenated alkanes) is 18. The molecule has 0 aromatic rings. The van der Waals surface area contributed by atoms with Gasteiger partial charge in [0.05, 0.1) is 12.5 Å². The normalized spacial score (nSPS) is 17.9. The molecule has 1 rings (SSSR count). The van der Waals surface area contributed by atoms with Crippen LogP contribution in [0, 0.1) is 11.8 Å². The Bertz CT molecular complexity index is 677. The average Bonchev–Trinajstić information content (AvgIpc) is 3.22. The van der Waals surface area contributed by atoms with Crippen LogP contribution in [0.15, 0.2) is 0 Å². The number of hydrogen-bond donors (Lipinski definition) is 3. The highest BCUT2D eigenvalue weighted by Crippen LogP contribution is 2.27. The van der Waals surface area contributed by atoms with Gasteiger partial charge in [0.1, 0.15) is 12.3 Å². The Balaban J connectivity index is 0.000000932. The lowest BCUT2D eigenvalue weighted by Gasteiger charge is -2.13. The van der Waals surface area contributed by atoms with Gasteiger partial charge in [0.15, 0.2) is 0 Å². The fourth-order valence-corrected chi connectivity index (χ4v) is 6.22. The number of carbonyl (C=O) groups excluding carboxylic acids is 1. The van der Waals surface area contributed by atoms with Crippen LogP contribution in [-0.2, 0) is 19.1 Å². The van der Waals surface area contributed by atoms with E-state index in [0.717, 1.165) is 19.3 Å². The van der Waals surface area contributed by atoms with Gasteiger partial charge in [-0.15, -0.1) is 0 Å². The van der Waals surface area contributed by atoms with E-state index in [2.05, 4.69) is 20.8 Å². The van der Waals surface area contributed by atoms with E-state index in [1.807, 2.05) is 0 Å². The van der Waals surface area contributed by atoms with Gasteiger partial charge in [0.2, 0.25) is 0 Å². The smallest absolute Gasteiger partial charge is 0.320 e. The summed E-state index contributed by atoms with van der Waals surface area (Å²) in [4.78, 5) is 22.5. The summed E-state index contributed by atoms with van der Waals surface area (Å²) >= 11 is 0. The minimum Gasteiger partial charge on any atom is -0.480 e. The van der Waals surface area contributed by atoms with Gasteiger partial charge in [0.25, 0.3) is 0 Å². The Labute approximate surface area is 285 Å². The minimum absolute atomic E-state index is 0.0761. The van der Waals surface area contributed by atoms with Crippen molar-refractivity contribution < 1.29 is 24.2 Å². The zero-order chi connectivity index (χ0) is 34.1. The zero-order valence-corrected chi connectivity index (χ0v) is 30.8. The number of cyclic esters (lactones) is 1. The molecule has 46 heavy (non-hydrogen) atoms. The maximum absolute atomic E-state index is 11.9. The molecule has 1 saturated heterocycles. The van der Waals surface area contributed by atoms with E-state index in [0.29, 0.717) is 38.4 Å². The number of ether oxygens (including phenoxy) is 2. The largest absolute Gasteiger partial charge is 0.480 e. The highest BCUT2D eigenvalue weighted by Gasteiger charge is 2.26. The van der Waals surface area contributed by atoms with Gasteiger partial charge in [-0.2, -0.15) is 0 Å². The number of aliphatic carboxylic acids is 1. The van der Waals surface area contributed by atoms with Crippen LogP contribution in [0.3, 0.4) is 0 Å². The lowest BCUT2D eigenvalue weighted by molar-refractivity contribution is -0.148. The molecule has 1 aliphatic heterocycles. The molecular weight excluding hydrogens is 576 g/mol. The molecule has 0 spiro atoms. The average molecular weight is 655 g/mol. The summed E-state index contributed by atoms with van der Waals surface area (Å²) in [6.45, 7) is 8.09. The predicted octanol–water partition coefficient (Wildman–Crippen LogP) is 10.5. The third-order valence-electron chi connectivity index (χ3n) is 9.49. The van der Waals surface area contributed by atoms with E-state index in [-0.39, 0.29) is 18.1 Å². The maximum Gasteiger partial charge on any atom is 0.320 e. The number of rotatable bonds is 30. The summed E-state index contributed by atoms with van der Waals surface area (Å²) in [6.07, 6.45) is 33.8. The Morgan fingerprint density at radius 2 is 1.17 bits per heavy atom. The first kappa shape index (κ1) is 44.8. The second kappa shape index (κ2) is 33.7. The van der Waals surface area contributed by atoms with Crippen molar-refractivity contribution in [3.63, 3.8) is 0 Å². The summed E-state index contributed by atoms with van der Waals surface area (Å²) in [6, 6.07) is -0.789. The summed E-state index contributed by atoms with van der Waals surface area (Å²) < 4.78 is 11.1. The molecule has 4 atom stereocenters. The van der Waals surface area contributed by atoms with Crippen LogP contribution in [0.2, 0.25) is 0 Å². The fourth-order valence-electron chi connectivity index (χ4n) is 6.22. The van der Waals surface area contributed by atoms with Crippen LogP contribution in [0.1, 0.15) is 201 Å². The van der Waals surface area contributed by atoms with Gasteiger partial charge < -0.3 is 26.0 Å². The monoisotopic (exact) mass is 655 g/mol. The van der Waals surface area contributed by atoms with Crippen LogP contribution in [0.4, 0.5) is 0 Å². The molecule has 3 unspecified atom stereocenters. The molecule has 5 N–H and O–H groups in total. The zero-order valence-electron chi connectivity index (χ0n) is 30.8. The van der Waals surface area contributed by atoms with E-state index in [9.17, 15) is 9.59 Å². The molecule has 0 radical (unpaired) electrons. The SMILES string of the molecule is CCCCCCC1CCC(CCCCC)C(=O)OC1.CCCCCCCCCCCCCCCCOC(N)CCC[C@H](N)C(=O)O. The number of carboxylic acids is 1. The first-order valence-corrected chi connectivity index (χ1v) is 19.9. The third-order valence-corrected chi connectivity index (χ3v) is 9.49. The van der Waals surface area contributed by atoms with Crippen LogP contribution in [0.25, 0.3) is 0 Å². The molecule has 0 aromatic heterocycles. The van der Waals surface area contributed by atoms with Crippen molar-refractivity contribution in [1.29, 1.82) is 0 Å². The highest BCUT2D eigenvalue weighted by molar-refractivity contribution is 5.73. The standard InChI is InChI=1S/C22H46N2O3.C17H32O2/c1-2-3-4-5-6-7-8-9-10-11-12-13-14-15-19-27-21(24)18-16-17-20(23)22(25)26;1-3-5-7-9-10-15-12-13-16(11-8-6-4-2)17(18)19-14-15/h20-21H,2-19,23-24H2,1H3,(H,25,26);15-16H,3-14H2,1-2H3/t20-,21?;/m0./s1. The molecular formula is C39H78N2O5. The third kappa shape index (κ3) is 29.0. The van der Waals surface area contributed by atoms with E-state index >= 15 is 0 Å². The van der Waals surface area contributed by atoms with Gasteiger partial charge in [-0.05, 0) is 57.3 Å². The highest BCUT2D eigenvalue weighted by atomic mass is 16.5. The molecule has 0 aromatic carbocycles. The summed E-state index contributed by atoms with van der Waals surface area (Å²) in [5, 5.41) is 8.71. The lowest BCUT2D eigenvalue weighted by Crippen LogP contribution is -2.31. The summed E-state index contributed by atoms with van der Waals surface area (Å²) in [5.41, 5.74) is 11.3. The fraction of sp³-hybridized carbons (Fsp3) is 0.949. The van der Waals surface area contributed by atoms with Crippen molar-refractivity contribution >= 4 is 11.9 Å². The van der Waals surface area contributed by atoms with Gasteiger partial charge in [-0.25, -0.2) is 0 Å². The number of hydrogen-bond acceptors (Lipinski definition) is 6. The summed E-state index contributed by atoms with van der Waals surface area (Å²) in [5.74, 6) is -0.0665. The number of carbonyl (C=O) groups is 2. The van der Waals surface area contributed by atoms with E-state index in [4.69, 9.17) is 26.0 Å². The molecule has 0 amide bonds. The van der Waals surface area contributed by atoms with Crippen LogP contribution < -0.4 is 11.5 Å². The van der Waals surface area contributed by atoms with Crippen LogP contribution >= 0.6 is 0 Å². The van der Waals surface area contributed by atoms with Crippen molar-refractivity contribution in [1.82, 2.24) is 0 Å². The van der Waals surface area contributed by atoms with Crippen LogP contribution in [-0.4, -0.2) is 42.5 Å². The molecule has 0 aliphatic carbocycles. The Morgan fingerprint density at radius 1 is 0.696 bits per heavy atom.